The van der Waals surface area contributed by atoms with Crippen molar-refractivity contribution in [2.45, 2.75) is 71.3 Å². The molecule has 1 aromatic heterocycles. The highest BCUT2D eigenvalue weighted by molar-refractivity contribution is 5.86. The lowest BCUT2D eigenvalue weighted by atomic mass is 9.94. The fraction of sp³-hybridized carbons (Fsp3) is 0.556. The zero-order valence-electron chi connectivity index (χ0n) is 22.7. The summed E-state index contributed by atoms with van der Waals surface area (Å²) in [6.45, 7) is 5.06. The smallest absolute Gasteiger partial charge is 0.417 e. The van der Waals surface area contributed by atoms with Crippen molar-refractivity contribution in [2.24, 2.45) is 5.92 Å². The molecule has 13 heteroatoms. The van der Waals surface area contributed by atoms with E-state index in [0.29, 0.717) is 52.9 Å². The van der Waals surface area contributed by atoms with Gasteiger partial charge in [0.15, 0.2) is 0 Å². The monoisotopic (exact) mass is 566 g/mol. The van der Waals surface area contributed by atoms with Gasteiger partial charge in [-0.2, -0.15) is 13.2 Å². The molecule has 0 aliphatic carbocycles. The third-order valence-electron chi connectivity index (χ3n) is 6.53. The number of benzene rings is 1. The number of hydrogen-bond acceptors (Lipinski definition) is 6. The molecule has 1 N–H and O–H groups in total. The van der Waals surface area contributed by atoms with Crippen LogP contribution >= 0.6 is 0 Å². The Balaban J connectivity index is 1.44. The number of carbonyl (C=O) groups excluding carboxylic acids is 2. The molecule has 1 aromatic carbocycles. The van der Waals surface area contributed by atoms with Crippen LogP contribution in [0.15, 0.2) is 24.4 Å². The highest BCUT2D eigenvalue weighted by atomic mass is 19.4. The predicted molar refractivity (Wildman–Crippen MR) is 137 cm³/mol. The van der Waals surface area contributed by atoms with Gasteiger partial charge >= 0.3 is 18.2 Å². The van der Waals surface area contributed by atoms with E-state index in [1.807, 2.05) is 10.8 Å². The summed E-state index contributed by atoms with van der Waals surface area (Å²) in [6, 6.07) is 4.92. The highest BCUT2D eigenvalue weighted by Crippen LogP contribution is 2.30. The number of alkyl halides is 3. The van der Waals surface area contributed by atoms with Gasteiger partial charge in [-0.25, -0.2) is 14.7 Å². The van der Waals surface area contributed by atoms with E-state index in [4.69, 9.17) is 9.47 Å². The fourth-order valence-corrected chi connectivity index (χ4v) is 4.88. The minimum absolute atomic E-state index is 0.0312. The summed E-state index contributed by atoms with van der Waals surface area (Å²) in [5.41, 5.74) is 1.16. The number of amides is 2. The van der Waals surface area contributed by atoms with Crippen LogP contribution in [0.1, 0.15) is 50.4 Å². The maximum absolute atomic E-state index is 13.2. The molecule has 0 saturated carbocycles. The Hall–Kier alpha value is -3.77. The van der Waals surface area contributed by atoms with E-state index >= 15 is 0 Å². The zero-order valence-corrected chi connectivity index (χ0v) is 22.7. The van der Waals surface area contributed by atoms with Gasteiger partial charge in [-0.15, -0.1) is 0 Å². The molecular formula is C27H33F3N4O6. The molecule has 3 heterocycles. The number of hydrogen-bond donors (Lipinski definition) is 1. The van der Waals surface area contributed by atoms with Gasteiger partial charge in [0.2, 0.25) is 11.9 Å². The molecule has 10 nitrogen and oxygen atoms in total. The van der Waals surface area contributed by atoms with Gasteiger partial charge in [-0.3, -0.25) is 9.59 Å². The van der Waals surface area contributed by atoms with Crippen LogP contribution < -0.4 is 9.64 Å². The van der Waals surface area contributed by atoms with E-state index in [2.05, 4.69) is 4.98 Å². The van der Waals surface area contributed by atoms with Gasteiger partial charge < -0.3 is 24.0 Å². The summed E-state index contributed by atoms with van der Waals surface area (Å²) in [5.74, 6) is -2.24. The lowest BCUT2D eigenvalue weighted by Crippen LogP contribution is -2.41. The number of ether oxygens (including phenoxy) is 2. The van der Waals surface area contributed by atoms with Crippen molar-refractivity contribution in [3.8, 4) is 5.75 Å². The second-order valence-corrected chi connectivity index (χ2v) is 11.0. The molecule has 1 atom stereocenters. The van der Waals surface area contributed by atoms with Gasteiger partial charge in [-0.05, 0) is 56.9 Å². The molecule has 0 spiro atoms. The molecule has 2 aliphatic rings. The van der Waals surface area contributed by atoms with Crippen LogP contribution in [0.4, 0.5) is 23.9 Å². The van der Waals surface area contributed by atoms with Crippen LogP contribution in [0.25, 0.3) is 0 Å². The second kappa shape index (κ2) is 11.4. The standard InChI is InChI=1S/C27H33F3N4O6/c1-26(2,3)40-25(38)34-9-4-8-32-15-20(31-24(32)34)7-10-39-21-6-5-17-11-18(13-22(35)36)23(37)33(14-19(17)12-21)16-27(28,29)30/h5-6,12,15,18H,4,7-11,13-14,16H2,1-3H3,(H,35,36)/t18-/m0/s1. The van der Waals surface area contributed by atoms with Crippen molar-refractivity contribution in [3.05, 3.63) is 41.2 Å². The molecule has 0 fully saturated rings. The number of imidazole rings is 1. The Morgan fingerprint density at radius 2 is 1.90 bits per heavy atom. The molecule has 40 heavy (non-hydrogen) atoms. The lowest BCUT2D eigenvalue weighted by molar-refractivity contribution is -0.165. The Labute approximate surface area is 229 Å². The normalized spacial score (nSPS) is 17.6. The number of fused-ring (bicyclic) bond motifs is 2. The molecule has 218 valence electrons. The first kappa shape index (κ1) is 29.2. The molecule has 0 unspecified atom stereocenters. The second-order valence-electron chi connectivity index (χ2n) is 11.0. The molecule has 2 aliphatic heterocycles. The quantitative estimate of drug-likeness (QED) is 0.535. The summed E-state index contributed by atoms with van der Waals surface area (Å²) in [7, 11) is 0. The Bertz CT molecular complexity index is 1270. The summed E-state index contributed by atoms with van der Waals surface area (Å²) in [4.78, 5) is 43.4. The first-order valence-corrected chi connectivity index (χ1v) is 13.1. The van der Waals surface area contributed by atoms with Gasteiger partial charge in [0, 0.05) is 32.3 Å². The van der Waals surface area contributed by atoms with Gasteiger partial charge in [0.1, 0.15) is 17.9 Å². The van der Waals surface area contributed by atoms with Crippen LogP contribution in [0.5, 0.6) is 5.75 Å². The molecule has 0 radical (unpaired) electrons. The SMILES string of the molecule is CC(C)(C)OC(=O)N1CCCn2cc(CCOc3ccc4c(c3)CN(CC(F)(F)F)C(=O)[C@H](CC(=O)O)C4)nc21. The zero-order chi connectivity index (χ0) is 29.2. The average molecular weight is 567 g/mol. The number of carbonyl (C=O) groups is 3. The topological polar surface area (TPSA) is 114 Å². The van der Waals surface area contributed by atoms with Crippen LogP contribution in [-0.2, 0) is 40.3 Å². The van der Waals surface area contributed by atoms with Crippen molar-refractivity contribution in [1.82, 2.24) is 14.5 Å². The number of aromatic nitrogens is 2. The maximum Gasteiger partial charge on any atom is 0.417 e. The van der Waals surface area contributed by atoms with Crippen molar-refractivity contribution in [1.29, 1.82) is 0 Å². The summed E-state index contributed by atoms with van der Waals surface area (Å²) < 4.78 is 52.8. The molecule has 2 amide bonds. The molecule has 0 bridgehead atoms. The number of anilines is 1. The largest absolute Gasteiger partial charge is 0.493 e. The molecular weight excluding hydrogens is 533 g/mol. The van der Waals surface area contributed by atoms with E-state index in [1.54, 1.807) is 39.0 Å². The Morgan fingerprint density at radius 3 is 2.58 bits per heavy atom. The number of carboxylic acid groups (broad SMARTS) is 1. The first-order chi connectivity index (χ1) is 18.7. The number of rotatable bonds is 7. The number of nitrogens with zero attached hydrogens (tertiary/aromatic N) is 4. The number of aryl methyl sites for hydroxylation is 1. The lowest BCUT2D eigenvalue weighted by Gasteiger charge is -2.29. The minimum Gasteiger partial charge on any atom is -0.493 e. The van der Waals surface area contributed by atoms with Gasteiger partial charge in [-0.1, -0.05) is 6.07 Å². The van der Waals surface area contributed by atoms with Crippen LogP contribution in [-0.4, -0.2) is 69.0 Å². The number of aliphatic carboxylic acids is 1. The van der Waals surface area contributed by atoms with E-state index < -0.39 is 48.6 Å². The Morgan fingerprint density at radius 1 is 1.15 bits per heavy atom. The third-order valence-corrected chi connectivity index (χ3v) is 6.53. The maximum atomic E-state index is 13.2. The fourth-order valence-electron chi connectivity index (χ4n) is 4.88. The summed E-state index contributed by atoms with van der Waals surface area (Å²) in [5, 5.41) is 9.17. The van der Waals surface area contributed by atoms with Crippen LogP contribution in [0, 0.1) is 5.92 Å². The van der Waals surface area contributed by atoms with Crippen molar-refractivity contribution in [3.63, 3.8) is 0 Å². The van der Waals surface area contributed by atoms with Crippen LogP contribution in [0.2, 0.25) is 0 Å². The van der Waals surface area contributed by atoms with Crippen molar-refractivity contribution >= 4 is 23.9 Å². The third kappa shape index (κ3) is 7.45. The van der Waals surface area contributed by atoms with Gasteiger partial charge in [0.05, 0.1) is 24.6 Å². The van der Waals surface area contributed by atoms with E-state index in [-0.39, 0.29) is 19.6 Å². The summed E-state index contributed by atoms with van der Waals surface area (Å²) in [6.07, 6.45) is -2.57. The molecule has 4 rings (SSSR count). The highest BCUT2D eigenvalue weighted by Gasteiger charge is 2.38. The number of halogens is 3. The van der Waals surface area contributed by atoms with E-state index in [1.165, 1.54) is 4.90 Å². The first-order valence-electron chi connectivity index (χ1n) is 13.1. The van der Waals surface area contributed by atoms with Gasteiger partial charge in [0.25, 0.3) is 0 Å². The van der Waals surface area contributed by atoms with E-state index in [0.717, 1.165) is 6.42 Å². The van der Waals surface area contributed by atoms with Crippen LogP contribution in [0.3, 0.4) is 0 Å². The number of carboxylic acids is 1. The average Bonchev–Trinajstić information content (AvgIpc) is 3.20. The Kier molecular flexibility index (Phi) is 8.31. The minimum atomic E-state index is -4.62. The van der Waals surface area contributed by atoms with Crippen molar-refractivity contribution < 1.29 is 42.1 Å². The molecule has 2 aromatic rings. The van der Waals surface area contributed by atoms with E-state index in [9.17, 15) is 32.7 Å². The molecule has 0 saturated heterocycles. The predicted octanol–water partition coefficient (Wildman–Crippen LogP) is 4.19. The summed E-state index contributed by atoms with van der Waals surface area (Å²) >= 11 is 0. The van der Waals surface area contributed by atoms with Crippen molar-refractivity contribution in [2.75, 3.05) is 24.6 Å².